The summed E-state index contributed by atoms with van der Waals surface area (Å²) in [6.45, 7) is 3.93. The van der Waals surface area contributed by atoms with E-state index in [0.717, 1.165) is 55.9 Å². The van der Waals surface area contributed by atoms with Crippen LogP contribution in [0.4, 0.5) is 0 Å². The summed E-state index contributed by atoms with van der Waals surface area (Å²) in [4.78, 5) is 30.2. The maximum absolute atomic E-state index is 12.6. The van der Waals surface area contributed by atoms with E-state index >= 15 is 0 Å². The lowest BCUT2D eigenvalue weighted by atomic mass is 9.71. The van der Waals surface area contributed by atoms with Gasteiger partial charge in [0.05, 0.1) is 11.9 Å². The molecule has 0 saturated carbocycles. The summed E-state index contributed by atoms with van der Waals surface area (Å²) in [6.07, 6.45) is 11.1. The molecule has 2 aromatic rings. The van der Waals surface area contributed by atoms with Crippen LogP contribution in [0.25, 0.3) is 0 Å². The van der Waals surface area contributed by atoms with Crippen molar-refractivity contribution < 1.29 is 9.90 Å². The predicted octanol–water partition coefficient (Wildman–Crippen LogP) is 1.84. The van der Waals surface area contributed by atoms with Gasteiger partial charge in [0.25, 0.3) is 0 Å². The highest BCUT2D eigenvalue weighted by atomic mass is 32.2. The van der Waals surface area contributed by atoms with Crippen LogP contribution in [0, 0.1) is 5.41 Å². The number of piperidine rings is 2. The number of aliphatic hydroxyl groups excluding tert-OH is 1. The van der Waals surface area contributed by atoms with Gasteiger partial charge in [-0.3, -0.25) is 14.7 Å². The van der Waals surface area contributed by atoms with E-state index < -0.39 is 0 Å². The van der Waals surface area contributed by atoms with Crippen LogP contribution in [0.5, 0.6) is 0 Å². The molecule has 0 aliphatic carbocycles. The first-order valence-electron chi connectivity index (χ1n) is 10.1. The molecule has 1 N–H and O–H groups in total. The molecule has 0 bridgehead atoms. The third kappa shape index (κ3) is 5.32. The molecule has 4 heterocycles. The van der Waals surface area contributed by atoms with Gasteiger partial charge in [0.2, 0.25) is 5.91 Å². The van der Waals surface area contributed by atoms with Gasteiger partial charge >= 0.3 is 0 Å². The Morgan fingerprint density at radius 2 is 1.90 bits per heavy atom. The number of rotatable bonds is 5. The number of thioether (sulfide) groups is 1. The van der Waals surface area contributed by atoms with Gasteiger partial charge in [-0.05, 0) is 36.8 Å². The Bertz CT molecular complexity index is 799. The second-order valence-corrected chi connectivity index (χ2v) is 9.18. The molecule has 1 amide bonds. The Morgan fingerprint density at radius 1 is 1.17 bits per heavy atom. The van der Waals surface area contributed by atoms with Crippen molar-refractivity contribution in [2.24, 2.45) is 5.41 Å². The lowest BCUT2D eigenvalue weighted by Gasteiger charge is -2.49. The van der Waals surface area contributed by atoms with Crippen LogP contribution in [-0.4, -0.2) is 73.8 Å². The van der Waals surface area contributed by atoms with Gasteiger partial charge in [-0.2, -0.15) is 0 Å². The number of β-amino-alcohol motifs (C(OH)–C–C–N with tert-alkyl or cyclic N) is 1. The van der Waals surface area contributed by atoms with E-state index in [2.05, 4.69) is 19.9 Å². The number of carbonyl (C=O) groups is 1. The molecule has 2 fully saturated rings. The molecule has 1 spiro atoms. The van der Waals surface area contributed by atoms with Gasteiger partial charge in [-0.15, -0.1) is 11.8 Å². The third-order valence-corrected chi connectivity index (χ3v) is 6.90. The highest BCUT2D eigenvalue weighted by Gasteiger charge is 2.42. The van der Waals surface area contributed by atoms with Crippen molar-refractivity contribution in [3.8, 4) is 0 Å². The van der Waals surface area contributed by atoms with E-state index in [9.17, 15) is 9.90 Å². The molecule has 29 heavy (non-hydrogen) atoms. The SMILES string of the molecule is O=C(CSc1ccncc1)N1CCC2(CC1)CC(O)CN(Cc1cncnc1)C2. The van der Waals surface area contributed by atoms with E-state index in [1.54, 1.807) is 24.2 Å². The molecule has 2 aliphatic heterocycles. The molecule has 2 saturated heterocycles. The number of likely N-dealkylation sites (tertiary alicyclic amines) is 2. The van der Waals surface area contributed by atoms with Gasteiger partial charge in [0.1, 0.15) is 6.33 Å². The lowest BCUT2D eigenvalue weighted by molar-refractivity contribution is -0.132. The zero-order valence-electron chi connectivity index (χ0n) is 16.5. The zero-order chi connectivity index (χ0) is 20.1. The van der Waals surface area contributed by atoms with Gasteiger partial charge in [-0.1, -0.05) is 0 Å². The van der Waals surface area contributed by atoms with Crippen molar-refractivity contribution in [3.63, 3.8) is 0 Å². The summed E-state index contributed by atoms with van der Waals surface area (Å²) in [5.41, 5.74) is 1.15. The number of hydrogen-bond acceptors (Lipinski definition) is 7. The van der Waals surface area contributed by atoms with Gasteiger partial charge < -0.3 is 10.0 Å². The van der Waals surface area contributed by atoms with Crippen molar-refractivity contribution >= 4 is 17.7 Å². The van der Waals surface area contributed by atoms with Crippen LogP contribution in [-0.2, 0) is 11.3 Å². The van der Waals surface area contributed by atoms with Crippen molar-refractivity contribution in [1.29, 1.82) is 0 Å². The first kappa shape index (κ1) is 20.3. The molecule has 1 unspecified atom stereocenters. The first-order chi connectivity index (χ1) is 14.1. The molecule has 0 radical (unpaired) electrons. The summed E-state index contributed by atoms with van der Waals surface area (Å²) < 4.78 is 0. The predicted molar refractivity (Wildman–Crippen MR) is 111 cm³/mol. The van der Waals surface area contributed by atoms with E-state index in [1.807, 2.05) is 29.4 Å². The van der Waals surface area contributed by atoms with Crippen LogP contribution < -0.4 is 0 Å². The summed E-state index contributed by atoms with van der Waals surface area (Å²) in [7, 11) is 0. The number of aliphatic hydroxyl groups is 1. The van der Waals surface area contributed by atoms with Crippen molar-refractivity contribution in [2.75, 3.05) is 31.9 Å². The van der Waals surface area contributed by atoms with Crippen molar-refractivity contribution in [2.45, 2.75) is 36.8 Å². The average molecular weight is 414 g/mol. The molecule has 2 aromatic heterocycles. The van der Waals surface area contributed by atoms with E-state index in [1.165, 1.54) is 6.33 Å². The zero-order valence-corrected chi connectivity index (χ0v) is 17.3. The van der Waals surface area contributed by atoms with Gasteiger partial charge in [0, 0.05) is 68.0 Å². The topological polar surface area (TPSA) is 82.5 Å². The van der Waals surface area contributed by atoms with E-state index in [-0.39, 0.29) is 17.4 Å². The highest BCUT2D eigenvalue weighted by molar-refractivity contribution is 8.00. The number of nitrogens with zero attached hydrogens (tertiary/aromatic N) is 5. The van der Waals surface area contributed by atoms with Crippen molar-refractivity contribution in [1.82, 2.24) is 24.8 Å². The molecule has 0 aromatic carbocycles. The Labute approximate surface area is 175 Å². The highest BCUT2D eigenvalue weighted by Crippen LogP contribution is 2.40. The molecule has 2 aliphatic rings. The maximum atomic E-state index is 12.6. The van der Waals surface area contributed by atoms with Crippen molar-refractivity contribution in [3.05, 3.63) is 48.8 Å². The Morgan fingerprint density at radius 3 is 2.62 bits per heavy atom. The minimum atomic E-state index is -0.321. The van der Waals surface area contributed by atoms with Crippen LogP contribution in [0.1, 0.15) is 24.8 Å². The second-order valence-electron chi connectivity index (χ2n) is 8.13. The number of amides is 1. The van der Waals surface area contributed by atoms with Crippen LogP contribution in [0.15, 0.2) is 48.1 Å². The van der Waals surface area contributed by atoms with Crippen LogP contribution in [0.3, 0.4) is 0 Å². The Balaban J connectivity index is 1.30. The minimum absolute atomic E-state index is 0.0856. The maximum Gasteiger partial charge on any atom is 0.232 e. The quantitative estimate of drug-likeness (QED) is 0.749. The second kappa shape index (κ2) is 9.19. The van der Waals surface area contributed by atoms with Gasteiger partial charge in [0.15, 0.2) is 0 Å². The molecule has 7 nitrogen and oxygen atoms in total. The summed E-state index contributed by atoms with van der Waals surface area (Å²) in [5.74, 6) is 0.649. The monoisotopic (exact) mass is 413 g/mol. The Kier molecular flexibility index (Phi) is 6.42. The lowest BCUT2D eigenvalue weighted by Crippen LogP contribution is -2.54. The third-order valence-electron chi connectivity index (χ3n) is 5.91. The summed E-state index contributed by atoms with van der Waals surface area (Å²) in [6, 6.07) is 3.86. The average Bonchev–Trinajstić information content (AvgIpc) is 2.73. The first-order valence-corrected chi connectivity index (χ1v) is 11.1. The minimum Gasteiger partial charge on any atom is -0.392 e. The summed E-state index contributed by atoms with van der Waals surface area (Å²) >= 11 is 1.56. The molecular formula is C21H27N5O2S. The van der Waals surface area contributed by atoms with Crippen LogP contribution in [0.2, 0.25) is 0 Å². The fraction of sp³-hybridized carbons (Fsp3) is 0.524. The largest absolute Gasteiger partial charge is 0.392 e. The number of aromatic nitrogens is 3. The van der Waals surface area contributed by atoms with E-state index in [4.69, 9.17) is 0 Å². The van der Waals surface area contributed by atoms with Crippen LogP contribution >= 0.6 is 11.8 Å². The molecule has 1 atom stereocenters. The molecule has 154 valence electrons. The normalized spacial score (nSPS) is 22.0. The number of hydrogen-bond donors (Lipinski definition) is 1. The van der Waals surface area contributed by atoms with E-state index in [0.29, 0.717) is 12.3 Å². The Hall–Kier alpha value is -2.03. The summed E-state index contributed by atoms with van der Waals surface area (Å²) in [5, 5.41) is 10.5. The van der Waals surface area contributed by atoms with Gasteiger partial charge in [-0.25, -0.2) is 9.97 Å². The fourth-order valence-corrected chi connectivity index (χ4v) is 5.31. The molecular weight excluding hydrogens is 386 g/mol. The molecule has 4 rings (SSSR count). The fourth-order valence-electron chi connectivity index (χ4n) is 4.52. The number of pyridine rings is 1. The molecule has 8 heteroatoms. The standard InChI is InChI=1S/C21H27N5O2S/c27-18-9-21(15-25(13-18)12-17-10-23-16-24-11-17)3-7-26(8-4-21)20(28)14-29-19-1-5-22-6-2-19/h1-2,5-6,10-11,16,18,27H,3-4,7-9,12-15H2. The number of carbonyl (C=O) groups excluding carboxylic acids is 1. The smallest absolute Gasteiger partial charge is 0.232 e.